The van der Waals surface area contributed by atoms with Crippen LogP contribution in [0.4, 0.5) is 0 Å². The molecule has 0 spiro atoms. The molecule has 1 aliphatic rings. The molecule has 1 fully saturated rings. The minimum Gasteiger partial charge on any atom is -0.508 e. The Kier molecular flexibility index (Phi) is 5.09. The second-order valence-electron chi connectivity index (χ2n) is 6.25. The zero-order valence-corrected chi connectivity index (χ0v) is 16.0. The van der Waals surface area contributed by atoms with E-state index in [4.69, 9.17) is 0 Å². The predicted octanol–water partition coefficient (Wildman–Crippen LogP) is 2.36. The lowest BCUT2D eigenvalue weighted by Crippen LogP contribution is -2.30. The molecule has 1 atom stereocenters. The summed E-state index contributed by atoms with van der Waals surface area (Å²) in [5.41, 5.74) is 0.296. The van der Waals surface area contributed by atoms with Crippen molar-refractivity contribution in [2.75, 3.05) is 18.8 Å². The van der Waals surface area contributed by atoms with Crippen LogP contribution in [0.3, 0.4) is 0 Å². The number of nitrogens with zero attached hydrogens (tertiary/aromatic N) is 1. The Bertz CT molecular complexity index is 1000. The smallest absolute Gasteiger partial charge is 0.213 e. The highest BCUT2D eigenvalue weighted by atomic mass is 32.2. The lowest BCUT2D eigenvalue weighted by Gasteiger charge is -2.19. The van der Waals surface area contributed by atoms with Gasteiger partial charge in [0, 0.05) is 24.6 Å². The largest absolute Gasteiger partial charge is 0.508 e. The van der Waals surface area contributed by atoms with E-state index < -0.39 is 19.9 Å². The number of sulfone groups is 1. The molecule has 0 radical (unpaired) electrons. The van der Waals surface area contributed by atoms with Gasteiger partial charge in [-0.15, -0.1) is 0 Å². The molecule has 1 unspecified atom stereocenters. The first-order chi connectivity index (χ1) is 12.3. The molecule has 0 aromatic heterocycles. The molecule has 0 aliphatic carbocycles. The maximum atomic E-state index is 13.1. The molecular weight excluding hydrogens is 374 g/mol. The molecular formula is C18H21NO5S2. The van der Waals surface area contributed by atoms with Gasteiger partial charge < -0.3 is 5.11 Å². The summed E-state index contributed by atoms with van der Waals surface area (Å²) in [6, 6.07) is 12.4. The van der Waals surface area contributed by atoms with Gasteiger partial charge in [0.1, 0.15) is 5.75 Å². The third-order valence-corrected chi connectivity index (χ3v) is 8.38. The third-order valence-electron chi connectivity index (χ3n) is 4.70. The number of hydrogen-bond acceptors (Lipinski definition) is 5. The Morgan fingerprint density at radius 3 is 2.38 bits per heavy atom. The van der Waals surface area contributed by atoms with Crippen molar-refractivity contribution in [1.29, 1.82) is 0 Å². The van der Waals surface area contributed by atoms with Gasteiger partial charge in [-0.2, -0.15) is 0 Å². The van der Waals surface area contributed by atoms with Crippen LogP contribution in [0.25, 0.3) is 0 Å². The van der Waals surface area contributed by atoms with Crippen LogP contribution in [0.5, 0.6) is 5.75 Å². The zero-order chi connectivity index (χ0) is 18.9. The maximum Gasteiger partial charge on any atom is 0.213 e. The Hall–Kier alpha value is -1.90. The van der Waals surface area contributed by atoms with Gasteiger partial charge in [-0.25, -0.2) is 21.1 Å². The molecule has 3 rings (SSSR count). The van der Waals surface area contributed by atoms with Crippen LogP contribution < -0.4 is 0 Å². The fourth-order valence-corrected chi connectivity index (χ4v) is 6.05. The Balaban J connectivity index is 2.05. The molecule has 6 nitrogen and oxygen atoms in total. The van der Waals surface area contributed by atoms with Crippen LogP contribution in [0.1, 0.15) is 24.8 Å². The molecule has 0 amide bonds. The number of hydrogen-bond donors (Lipinski definition) is 1. The van der Waals surface area contributed by atoms with Crippen LogP contribution in [0, 0.1) is 0 Å². The van der Waals surface area contributed by atoms with E-state index in [1.807, 2.05) is 0 Å². The minimum atomic E-state index is -3.82. The van der Waals surface area contributed by atoms with E-state index in [9.17, 15) is 21.9 Å². The summed E-state index contributed by atoms with van der Waals surface area (Å²) >= 11 is 0. The second-order valence-corrected chi connectivity index (χ2v) is 10.4. The van der Waals surface area contributed by atoms with Gasteiger partial charge in [-0.1, -0.05) is 24.3 Å². The van der Waals surface area contributed by atoms with Crippen LogP contribution >= 0.6 is 0 Å². The average Bonchev–Trinajstić information content (AvgIpc) is 3.13. The lowest BCUT2D eigenvalue weighted by molar-refractivity contribution is 0.450. The van der Waals surface area contributed by atoms with Crippen molar-refractivity contribution in [3.8, 4) is 5.75 Å². The Labute approximate surface area is 154 Å². The van der Waals surface area contributed by atoms with E-state index in [0.717, 1.165) is 0 Å². The fraction of sp³-hybridized carbons (Fsp3) is 0.333. The van der Waals surface area contributed by atoms with E-state index in [1.165, 1.54) is 34.6 Å². The van der Waals surface area contributed by atoms with E-state index in [1.54, 1.807) is 25.1 Å². The molecule has 2 aromatic carbocycles. The molecule has 0 bridgehead atoms. The highest BCUT2D eigenvalue weighted by Gasteiger charge is 2.35. The third kappa shape index (κ3) is 3.36. The SMILES string of the molecule is CCS(=O)(=O)N1CCC(c2c(O)cccc2S(=O)(=O)c2ccccc2)C1. The molecule has 1 saturated heterocycles. The first-order valence-corrected chi connectivity index (χ1v) is 11.5. The minimum absolute atomic E-state index is 0.00430. The zero-order valence-electron chi connectivity index (χ0n) is 14.4. The first-order valence-electron chi connectivity index (χ1n) is 8.37. The molecule has 26 heavy (non-hydrogen) atoms. The lowest BCUT2D eigenvalue weighted by atomic mass is 9.97. The van der Waals surface area contributed by atoms with Gasteiger partial charge in [0.05, 0.1) is 15.5 Å². The molecule has 0 saturated carbocycles. The molecule has 8 heteroatoms. The van der Waals surface area contributed by atoms with Crippen molar-refractivity contribution in [1.82, 2.24) is 4.31 Å². The Morgan fingerprint density at radius 1 is 1.04 bits per heavy atom. The van der Waals surface area contributed by atoms with Crippen LogP contribution in [-0.2, 0) is 19.9 Å². The van der Waals surface area contributed by atoms with Crippen LogP contribution in [0.15, 0.2) is 58.3 Å². The first kappa shape index (κ1) is 18.9. The van der Waals surface area contributed by atoms with E-state index >= 15 is 0 Å². The van der Waals surface area contributed by atoms with E-state index in [0.29, 0.717) is 18.5 Å². The summed E-state index contributed by atoms with van der Waals surface area (Å²) in [5, 5.41) is 10.4. The van der Waals surface area contributed by atoms with Crippen molar-refractivity contribution in [2.24, 2.45) is 0 Å². The van der Waals surface area contributed by atoms with E-state index in [2.05, 4.69) is 0 Å². The molecule has 2 aromatic rings. The summed E-state index contributed by atoms with van der Waals surface area (Å²) < 4.78 is 51.7. The normalized spacial score (nSPS) is 18.9. The van der Waals surface area contributed by atoms with Crippen molar-refractivity contribution < 1.29 is 21.9 Å². The van der Waals surface area contributed by atoms with Crippen molar-refractivity contribution in [2.45, 2.75) is 29.1 Å². The van der Waals surface area contributed by atoms with Crippen molar-refractivity contribution in [3.05, 3.63) is 54.1 Å². The van der Waals surface area contributed by atoms with Crippen LogP contribution in [0.2, 0.25) is 0 Å². The number of rotatable bonds is 5. The molecule has 1 N–H and O–H groups in total. The van der Waals surface area contributed by atoms with Gasteiger partial charge in [-0.05, 0) is 37.6 Å². The fourth-order valence-electron chi connectivity index (χ4n) is 3.30. The summed E-state index contributed by atoms with van der Waals surface area (Å²) in [4.78, 5) is 0.173. The standard InChI is InChI=1S/C18H21NO5S2/c1-2-25(21,22)19-12-11-14(13-19)18-16(20)9-6-10-17(18)26(23,24)15-7-4-3-5-8-15/h3-10,14,20H,2,11-13H2,1H3. The Morgan fingerprint density at radius 2 is 1.73 bits per heavy atom. The summed E-state index contributed by atoms with van der Waals surface area (Å²) in [7, 11) is -7.17. The number of benzene rings is 2. The summed E-state index contributed by atoms with van der Waals surface area (Å²) in [5.74, 6) is -0.496. The van der Waals surface area contributed by atoms with Gasteiger partial charge >= 0.3 is 0 Å². The predicted molar refractivity (Wildman–Crippen MR) is 98.4 cm³/mol. The topological polar surface area (TPSA) is 91.8 Å². The highest BCUT2D eigenvalue weighted by molar-refractivity contribution is 7.91. The van der Waals surface area contributed by atoms with Gasteiger partial charge in [0.15, 0.2) is 0 Å². The number of sulfonamides is 1. The van der Waals surface area contributed by atoms with Gasteiger partial charge in [0.2, 0.25) is 19.9 Å². The average molecular weight is 396 g/mol. The van der Waals surface area contributed by atoms with Gasteiger partial charge in [0.25, 0.3) is 0 Å². The maximum absolute atomic E-state index is 13.1. The number of phenols is 1. The van der Waals surface area contributed by atoms with E-state index in [-0.39, 0.29) is 33.8 Å². The van der Waals surface area contributed by atoms with Crippen molar-refractivity contribution >= 4 is 19.9 Å². The monoisotopic (exact) mass is 395 g/mol. The second kappa shape index (κ2) is 7.02. The van der Waals surface area contributed by atoms with Crippen molar-refractivity contribution in [3.63, 3.8) is 0 Å². The summed E-state index contributed by atoms with van der Waals surface area (Å²) in [6.45, 7) is 2.07. The number of phenolic OH excluding ortho intramolecular Hbond substituents is 1. The quantitative estimate of drug-likeness (QED) is 0.839. The number of aromatic hydroxyl groups is 1. The molecule has 1 heterocycles. The van der Waals surface area contributed by atoms with Crippen LogP contribution in [-0.4, -0.2) is 45.1 Å². The summed E-state index contributed by atoms with van der Waals surface area (Å²) in [6.07, 6.45) is 0.466. The molecule has 1 aliphatic heterocycles. The van der Waals surface area contributed by atoms with Gasteiger partial charge in [-0.3, -0.25) is 0 Å². The molecule has 140 valence electrons. The highest BCUT2D eigenvalue weighted by Crippen LogP contribution is 2.39.